The summed E-state index contributed by atoms with van der Waals surface area (Å²) in [5, 5.41) is 0.907. The van der Waals surface area contributed by atoms with Gasteiger partial charge in [-0.3, -0.25) is 0 Å². The first kappa shape index (κ1) is 33.0. The number of aromatic nitrogens is 2. The van der Waals surface area contributed by atoms with Crippen LogP contribution in [0.2, 0.25) is 0 Å². The Hall–Kier alpha value is -1.98. The zero-order chi connectivity index (χ0) is 28.9. The van der Waals surface area contributed by atoms with Gasteiger partial charge >= 0.3 is 66.0 Å². The van der Waals surface area contributed by atoms with Crippen LogP contribution in [0.3, 0.4) is 0 Å². The van der Waals surface area contributed by atoms with Crippen molar-refractivity contribution in [1.29, 1.82) is 0 Å². The van der Waals surface area contributed by atoms with E-state index in [2.05, 4.69) is 105 Å². The van der Waals surface area contributed by atoms with E-state index in [1.165, 1.54) is 22.3 Å². The molecule has 2 nitrogen and oxygen atoms in total. The van der Waals surface area contributed by atoms with Gasteiger partial charge in [-0.15, -0.1) is 0 Å². The molecule has 0 unspecified atom stereocenters. The Labute approximate surface area is 212 Å². The van der Waals surface area contributed by atoms with Gasteiger partial charge in [-0.1, -0.05) is 40.2 Å². The first-order valence-electron chi connectivity index (χ1n) is 9.93. The molecule has 0 saturated carbocycles. The van der Waals surface area contributed by atoms with Crippen LogP contribution >= 0.6 is 31.5 Å². The molecule has 212 valence electrons. The summed E-state index contributed by atoms with van der Waals surface area (Å²) in [5.41, 5.74) is 5.13. The van der Waals surface area contributed by atoms with Gasteiger partial charge in [0.05, 0.1) is 0 Å². The Morgan fingerprint density at radius 3 is 1.14 bits per heavy atom. The molecule has 0 radical (unpaired) electrons. The van der Waals surface area contributed by atoms with E-state index in [0.717, 1.165) is 18.4 Å². The van der Waals surface area contributed by atoms with Gasteiger partial charge < -0.3 is 0 Å². The van der Waals surface area contributed by atoms with Crippen LogP contribution in [0.1, 0.15) is 18.1 Å². The van der Waals surface area contributed by atoms with Crippen LogP contribution in [-0.2, 0) is 18.4 Å². The molecule has 3 rings (SSSR count). The number of benzene rings is 1. The van der Waals surface area contributed by atoms with Crippen molar-refractivity contribution in [1.82, 2.24) is 0 Å². The molecule has 0 spiro atoms. The van der Waals surface area contributed by atoms with E-state index in [1.807, 2.05) is 0 Å². The zero-order valence-corrected chi connectivity index (χ0v) is 22.1. The van der Waals surface area contributed by atoms with Crippen LogP contribution in [0.5, 0.6) is 0 Å². The second-order valence-corrected chi connectivity index (χ2v) is 11.9. The van der Waals surface area contributed by atoms with Crippen molar-refractivity contribution in [3.63, 3.8) is 0 Å². The summed E-state index contributed by atoms with van der Waals surface area (Å²) in [4.78, 5) is 0. The molecule has 17 heteroatoms. The molecule has 2 aromatic heterocycles. The minimum atomic E-state index is -10.7. The van der Waals surface area contributed by atoms with Crippen LogP contribution in [-0.4, -0.2) is 0 Å². The van der Waals surface area contributed by atoms with E-state index in [4.69, 9.17) is 0 Å². The quantitative estimate of drug-likeness (QED) is 0.112. The monoisotopic (exact) mass is 658 g/mol. The summed E-state index contributed by atoms with van der Waals surface area (Å²) in [7, 11) is -21.3. The Bertz CT molecular complexity index is 1110. The summed E-state index contributed by atoms with van der Waals surface area (Å²) in [6.45, 7) is 4.05. The molecule has 1 aromatic carbocycles. The van der Waals surface area contributed by atoms with Gasteiger partial charge in [0.15, 0.2) is 31.3 Å². The molecular formula is C20H21BrF12N2P2. The molecule has 2 heterocycles. The fraction of sp³-hybridized carbons (Fsp3) is 0.200. The van der Waals surface area contributed by atoms with Crippen molar-refractivity contribution in [3.05, 3.63) is 84.4 Å². The second-order valence-electron chi connectivity index (χ2n) is 7.54. The Balaban J connectivity index is 0.000000404. The van der Waals surface area contributed by atoms with Crippen molar-refractivity contribution < 1.29 is 59.5 Å². The average molecular weight is 659 g/mol. The Morgan fingerprint density at radius 1 is 0.541 bits per heavy atom. The molecule has 0 aliphatic rings. The topological polar surface area (TPSA) is 7.76 Å². The van der Waals surface area contributed by atoms with E-state index >= 15 is 0 Å². The summed E-state index contributed by atoms with van der Waals surface area (Å²) in [6, 6.07) is 17.4. The molecular weight excluding hydrogens is 638 g/mol. The Morgan fingerprint density at radius 2 is 0.838 bits per heavy atom. The van der Waals surface area contributed by atoms with Crippen molar-refractivity contribution in [2.75, 3.05) is 0 Å². The zero-order valence-electron chi connectivity index (χ0n) is 18.8. The van der Waals surface area contributed by atoms with E-state index in [0.29, 0.717) is 0 Å². The summed E-state index contributed by atoms with van der Waals surface area (Å²) in [6.07, 6.45) is 8.55. The summed E-state index contributed by atoms with van der Waals surface area (Å²) < 4.78 is 123. The van der Waals surface area contributed by atoms with Gasteiger partial charge in [0, 0.05) is 35.2 Å². The maximum atomic E-state index is 9.87. The molecule has 3 aromatic rings. The fourth-order valence-corrected chi connectivity index (χ4v) is 2.93. The van der Waals surface area contributed by atoms with E-state index in [-0.39, 0.29) is 0 Å². The van der Waals surface area contributed by atoms with E-state index in [1.54, 1.807) is 0 Å². The molecule has 0 fully saturated rings. The molecule has 0 saturated heterocycles. The second kappa shape index (κ2) is 9.96. The van der Waals surface area contributed by atoms with Crippen LogP contribution < -0.4 is 9.13 Å². The number of rotatable bonds is 5. The number of hydrogen-bond donors (Lipinski definition) is 0. The van der Waals surface area contributed by atoms with Gasteiger partial charge in [-0.2, -0.15) is 0 Å². The minimum absolute atomic E-state index is 0.896. The molecule has 0 aliphatic carbocycles. The molecule has 0 N–H and O–H groups in total. The molecule has 0 amide bonds. The van der Waals surface area contributed by atoms with Gasteiger partial charge in [-0.05, 0) is 23.6 Å². The predicted octanol–water partition coefficient (Wildman–Crippen LogP) is 10.7. The average Bonchev–Trinajstić information content (AvgIpc) is 2.70. The molecule has 0 bridgehead atoms. The van der Waals surface area contributed by atoms with Gasteiger partial charge in [0.2, 0.25) is 0 Å². The van der Waals surface area contributed by atoms with E-state index in [9.17, 15) is 50.4 Å². The van der Waals surface area contributed by atoms with Gasteiger partial charge in [0.1, 0.15) is 6.54 Å². The van der Waals surface area contributed by atoms with Crippen LogP contribution in [0.15, 0.2) is 73.3 Å². The van der Waals surface area contributed by atoms with Crippen LogP contribution in [0.4, 0.5) is 50.4 Å². The third-order valence-electron chi connectivity index (χ3n) is 4.02. The van der Waals surface area contributed by atoms with Gasteiger partial charge in [0.25, 0.3) is 0 Å². The predicted molar refractivity (Wildman–Crippen MR) is 123 cm³/mol. The number of aryl methyl sites for hydroxylation is 1. The van der Waals surface area contributed by atoms with Crippen LogP contribution in [0.25, 0.3) is 11.1 Å². The van der Waals surface area contributed by atoms with E-state index < -0.39 is 15.6 Å². The number of pyridine rings is 2. The van der Waals surface area contributed by atoms with Crippen molar-refractivity contribution in [2.45, 2.75) is 25.3 Å². The fourth-order valence-electron chi connectivity index (χ4n) is 2.56. The van der Waals surface area contributed by atoms with Crippen LogP contribution in [0, 0.1) is 0 Å². The van der Waals surface area contributed by atoms with Crippen molar-refractivity contribution >= 4 is 31.5 Å². The number of nitrogens with zero attached hydrogens (tertiary/aromatic N) is 2. The SMILES string of the molecule is CC[n+]1ccc(-c2cc[n+](Cc3ccc(CBr)cc3)cc2)cc1.F[P-](F)(F)(F)(F)F.F[P-](F)(F)(F)(F)F. The van der Waals surface area contributed by atoms with Crippen molar-refractivity contribution in [3.8, 4) is 11.1 Å². The third-order valence-corrected chi connectivity index (χ3v) is 4.67. The molecule has 0 aliphatic heterocycles. The standard InChI is InChI=1S/C20H21BrN2.2F6P/c1-2-22-11-7-19(8-12-22)20-9-13-23(14-10-20)16-18-5-3-17(15-21)4-6-18;2*1-7(2,3,4,5)6/h3-14H,2,15-16H2,1H3;;/q+2;2*-1. The maximum absolute atomic E-state index is 10.7. The Kier molecular flexibility index (Phi) is 8.90. The number of alkyl halides is 1. The first-order valence-corrected chi connectivity index (χ1v) is 15.1. The summed E-state index contributed by atoms with van der Waals surface area (Å²) in [5.74, 6) is 0. The molecule has 37 heavy (non-hydrogen) atoms. The third kappa shape index (κ3) is 21.8. The van der Waals surface area contributed by atoms with Crippen molar-refractivity contribution in [2.24, 2.45) is 0 Å². The first-order chi connectivity index (χ1) is 16.2. The van der Waals surface area contributed by atoms with Gasteiger partial charge in [-0.25, -0.2) is 9.13 Å². The number of hydrogen-bond acceptors (Lipinski definition) is 0. The molecule has 0 atom stereocenters. The number of halogens is 13. The summed E-state index contributed by atoms with van der Waals surface area (Å²) >= 11 is 3.48. The normalized spacial score (nSPS) is 15.4.